The van der Waals surface area contributed by atoms with Gasteiger partial charge in [0.2, 0.25) is 0 Å². The first-order valence-corrected chi connectivity index (χ1v) is 16.6. The number of benzene rings is 2. The molecule has 0 unspecified atom stereocenters. The predicted octanol–water partition coefficient (Wildman–Crippen LogP) is 7.70. The van der Waals surface area contributed by atoms with Crippen LogP contribution in [0.1, 0.15) is 11.1 Å². The fourth-order valence-corrected chi connectivity index (χ4v) is 5.99. The van der Waals surface area contributed by atoms with E-state index in [1.165, 1.54) is 21.8 Å². The van der Waals surface area contributed by atoms with Crippen molar-refractivity contribution in [1.29, 1.82) is 0 Å². The molecule has 0 radical (unpaired) electrons. The molecular weight excluding hydrogens is 415 g/mol. The van der Waals surface area contributed by atoms with Gasteiger partial charge in [-0.25, -0.2) is 0 Å². The predicted molar refractivity (Wildman–Crippen MR) is 108 cm³/mol. The average molecular weight is 428 g/mol. The molecule has 2 aromatic rings. The zero-order chi connectivity index (χ0) is 16.4. The Morgan fingerprint density at radius 2 is 0.955 bits per heavy atom. The zero-order valence-corrected chi connectivity index (χ0v) is 17.5. The van der Waals surface area contributed by atoms with E-state index in [-0.39, 0.29) is 0 Å². The Bertz CT molecular complexity index is 608. The molecule has 1 aliphatic rings. The van der Waals surface area contributed by atoms with Crippen LogP contribution in [-0.4, -0.2) is 16.1 Å². The summed E-state index contributed by atoms with van der Waals surface area (Å²) < 4.78 is 0. The Morgan fingerprint density at radius 1 is 0.682 bits per heavy atom. The maximum Gasteiger partial charge on any atom is 0.564 e. The molecule has 0 aliphatic carbocycles. The Balaban J connectivity index is 0.000000309. The molecule has 0 bridgehead atoms. The van der Waals surface area contributed by atoms with E-state index in [0.717, 1.165) is 0 Å². The third-order valence-electron chi connectivity index (χ3n) is 3.11. The lowest BCUT2D eigenvalue weighted by Gasteiger charge is -1.97. The first-order chi connectivity index (χ1) is 10.2. The van der Waals surface area contributed by atoms with E-state index >= 15 is 0 Å². The molecule has 0 saturated heterocycles. The molecule has 3 rings (SSSR count). The van der Waals surface area contributed by atoms with E-state index in [4.69, 9.17) is 51.4 Å². The Hall–Kier alpha value is 0.592. The fraction of sp³-hybridized carbons (Fsp3) is 0.0667. The van der Waals surface area contributed by atoms with Crippen molar-refractivity contribution in [3.8, 4) is 0 Å². The lowest BCUT2D eigenvalue weighted by Crippen LogP contribution is -1.91. The molecule has 1 heterocycles. The number of halogens is 5. The molecule has 0 aromatic heterocycles. The van der Waals surface area contributed by atoms with Crippen LogP contribution in [0.25, 0.3) is 10.6 Å². The van der Waals surface area contributed by atoms with Gasteiger partial charge in [-0.15, -0.1) is 0 Å². The lowest BCUT2D eigenvalue weighted by molar-refractivity contribution is 1.65. The van der Waals surface area contributed by atoms with Gasteiger partial charge >= 0.3 is 9.39 Å². The SMILES string of the molecule is C[P+]1(Cl)C(c2ccccc2)=C1c1ccccc1.[Cl][Al-]([Cl])([Cl])[Cl]. The summed E-state index contributed by atoms with van der Waals surface area (Å²) in [5.41, 5.74) is 2.55. The topological polar surface area (TPSA) is 0 Å². The molecule has 7 heteroatoms. The van der Waals surface area contributed by atoms with Gasteiger partial charge in [0.05, 0.1) is 17.9 Å². The third kappa shape index (κ3) is 5.31. The smallest absolute Gasteiger partial charge is 0.391 e. The van der Waals surface area contributed by atoms with Crippen molar-refractivity contribution in [1.82, 2.24) is 0 Å². The van der Waals surface area contributed by atoms with E-state index in [0.29, 0.717) is 0 Å². The maximum atomic E-state index is 6.68. The largest absolute Gasteiger partial charge is 0.564 e. The van der Waals surface area contributed by atoms with E-state index in [1.807, 2.05) is 12.1 Å². The van der Waals surface area contributed by atoms with E-state index in [9.17, 15) is 0 Å². The van der Waals surface area contributed by atoms with Crippen LogP contribution in [0.2, 0.25) is 0 Å². The van der Waals surface area contributed by atoms with Gasteiger partial charge in [-0.2, -0.15) is 0 Å². The standard InChI is InChI=1S/C15H13ClP.Al.4ClH/c1-17(16)14(12-8-4-2-5-9-12)15(17)13-10-6-3-7-11-13;;;;;/h2-11H,1H3;;4*1H/q+1;+3;;;;/p-4. The van der Waals surface area contributed by atoms with Crippen LogP contribution >= 0.6 is 58.1 Å². The molecule has 0 nitrogen and oxygen atoms in total. The number of rotatable bonds is 2. The van der Waals surface area contributed by atoms with Gasteiger partial charge in [-0.3, -0.25) is 0 Å². The molecule has 22 heavy (non-hydrogen) atoms. The van der Waals surface area contributed by atoms with Crippen LogP contribution in [0.3, 0.4) is 0 Å². The number of hydrogen-bond acceptors (Lipinski definition) is 0. The molecule has 0 saturated carbocycles. The Kier molecular flexibility index (Phi) is 6.58. The monoisotopic (exact) mass is 426 g/mol. The van der Waals surface area contributed by atoms with Crippen LogP contribution in [0.5, 0.6) is 0 Å². The highest BCUT2D eigenvalue weighted by molar-refractivity contribution is 8.20. The highest BCUT2D eigenvalue weighted by Crippen LogP contribution is 2.94. The van der Waals surface area contributed by atoms with Crippen LogP contribution in [-0.2, 0) is 0 Å². The third-order valence-corrected chi connectivity index (χ3v) is 6.54. The van der Waals surface area contributed by atoms with Gasteiger partial charge in [-0.1, -0.05) is 60.7 Å². The molecule has 2 aromatic carbocycles. The molecule has 0 spiro atoms. The van der Waals surface area contributed by atoms with Gasteiger partial charge in [0.1, 0.15) is 0 Å². The second-order valence-corrected chi connectivity index (χ2v) is 22.4. The summed E-state index contributed by atoms with van der Waals surface area (Å²) in [6.45, 7) is 0.682. The van der Waals surface area contributed by atoms with Gasteiger partial charge in [0.15, 0.2) is 17.2 Å². The molecule has 0 amide bonds. The summed E-state index contributed by atoms with van der Waals surface area (Å²) in [4.78, 5) is 0. The van der Waals surface area contributed by atoms with Gasteiger partial charge < -0.3 is 40.2 Å². The summed E-state index contributed by atoms with van der Waals surface area (Å²) in [5, 5.41) is 2.73. The molecule has 0 atom stereocenters. The normalized spacial score (nSPS) is 15.9. The molecule has 0 N–H and O–H groups in total. The van der Waals surface area contributed by atoms with E-state index in [1.54, 1.807) is 0 Å². The molecular formula is C15H13AlCl5P. The van der Waals surface area contributed by atoms with Crippen molar-refractivity contribution in [2.75, 3.05) is 6.66 Å². The van der Waals surface area contributed by atoms with Crippen molar-refractivity contribution in [2.24, 2.45) is 0 Å². The second kappa shape index (κ2) is 7.65. The van der Waals surface area contributed by atoms with E-state index < -0.39 is 16.0 Å². The minimum Gasteiger partial charge on any atom is -0.391 e. The van der Waals surface area contributed by atoms with Crippen molar-refractivity contribution in [3.63, 3.8) is 0 Å². The second-order valence-electron chi connectivity index (χ2n) is 4.82. The quantitative estimate of drug-likeness (QED) is 0.340. The minimum absolute atomic E-state index is 1.28. The summed E-state index contributed by atoms with van der Waals surface area (Å²) in [5.74, 6) is 0. The van der Waals surface area contributed by atoms with Gasteiger partial charge in [0.25, 0.3) is 0 Å². The van der Waals surface area contributed by atoms with Crippen LogP contribution in [0.4, 0.5) is 0 Å². The molecule has 0 fully saturated rings. The molecule has 116 valence electrons. The fourth-order valence-electron chi connectivity index (χ4n) is 2.26. The Labute approximate surface area is 155 Å². The van der Waals surface area contributed by atoms with Crippen molar-refractivity contribution in [2.45, 2.75) is 0 Å². The van der Waals surface area contributed by atoms with Gasteiger partial charge in [0, 0.05) is 11.1 Å². The van der Waals surface area contributed by atoms with Crippen molar-refractivity contribution >= 4 is 78.1 Å². The first kappa shape index (κ1) is 18.9. The highest BCUT2D eigenvalue weighted by atomic mass is 35.9. The van der Waals surface area contributed by atoms with Crippen LogP contribution in [0.15, 0.2) is 60.7 Å². The summed E-state index contributed by atoms with van der Waals surface area (Å²) in [6, 6.07) is 20.9. The highest BCUT2D eigenvalue weighted by Gasteiger charge is 2.61. The summed E-state index contributed by atoms with van der Waals surface area (Å²) in [6.07, 6.45) is 0. The maximum absolute atomic E-state index is 6.68. The summed E-state index contributed by atoms with van der Waals surface area (Å²) in [7, 11) is 17.0. The minimum atomic E-state index is -2.94. The summed E-state index contributed by atoms with van der Waals surface area (Å²) >= 11 is 6.68. The Morgan fingerprint density at radius 3 is 1.23 bits per heavy atom. The van der Waals surface area contributed by atoms with Crippen LogP contribution < -0.4 is 0 Å². The van der Waals surface area contributed by atoms with Crippen LogP contribution in [0, 0.1) is 0 Å². The van der Waals surface area contributed by atoms with Crippen molar-refractivity contribution in [3.05, 3.63) is 71.8 Å². The zero-order valence-electron chi connectivity index (χ0n) is 11.7. The van der Waals surface area contributed by atoms with Gasteiger partial charge in [-0.05, 0) is 0 Å². The molecule has 1 aliphatic heterocycles. The first-order valence-electron chi connectivity index (χ1n) is 6.51. The van der Waals surface area contributed by atoms with E-state index in [2.05, 4.69) is 55.2 Å². The average Bonchev–Trinajstić information content (AvgIpc) is 3.02. The van der Waals surface area contributed by atoms with Crippen molar-refractivity contribution < 1.29 is 0 Å². The lowest BCUT2D eigenvalue weighted by atomic mass is 10.1. The number of hydrogen-bond donors (Lipinski definition) is 0.